The third kappa shape index (κ3) is 1.50. The normalized spacial score (nSPS) is 14.8. The van der Waals surface area contributed by atoms with E-state index in [0.717, 1.165) is 12.8 Å². The fourth-order valence-electron chi connectivity index (χ4n) is 2.13. The van der Waals surface area contributed by atoms with Gasteiger partial charge < -0.3 is 0 Å². The van der Waals surface area contributed by atoms with E-state index in [2.05, 4.69) is 15.0 Å². The molecule has 82 valence electrons. The van der Waals surface area contributed by atoms with Gasteiger partial charge in [0.25, 0.3) is 0 Å². The van der Waals surface area contributed by atoms with E-state index >= 15 is 0 Å². The van der Waals surface area contributed by atoms with Crippen molar-refractivity contribution >= 4 is 11.6 Å². The first-order valence-electron chi connectivity index (χ1n) is 5.38. The molecule has 0 unspecified atom stereocenters. The molecule has 0 atom stereocenters. The lowest BCUT2D eigenvalue weighted by molar-refractivity contribution is 0.654. The van der Waals surface area contributed by atoms with Crippen molar-refractivity contribution < 1.29 is 0 Å². The molecular formula is C11H11ClN4. The van der Waals surface area contributed by atoms with E-state index in [-0.39, 0.29) is 0 Å². The number of imidazole rings is 1. The average molecular weight is 235 g/mol. The van der Waals surface area contributed by atoms with Crippen LogP contribution < -0.4 is 0 Å². The monoisotopic (exact) mass is 234 g/mol. The summed E-state index contributed by atoms with van der Waals surface area (Å²) in [5.41, 5.74) is 2.40. The van der Waals surface area contributed by atoms with Crippen molar-refractivity contribution in [2.45, 2.75) is 25.7 Å². The quantitative estimate of drug-likeness (QED) is 0.760. The van der Waals surface area contributed by atoms with Crippen molar-refractivity contribution in [1.82, 2.24) is 19.5 Å². The third-order valence-electron chi connectivity index (χ3n) is 2.89. The predicted molar refractivity (Wildman–Crippen MR) is 60.8 cm³/mol. The Labute approximate surface area is 98.3 Å². The van der Waals surface area contributed by atoms with Gasteiger partial charge in [-0.3, -0.25) is 4.57 Å². The van der Waals surface area contributed by atoms with E-state index in [4.69, 9.17) is 11.6 Å². The summed E-state index contributed by atoms with van der Waals surface area (Å²) in [7, 11) is 0. The van der Waals surface area contributed by atoms with Gasteiger partial charge in [0.2, 0.25) is 0 Å². The summed E-state index contributed by atoms with van der Waals surface area (Å²) in [5, 5.41) is 0.424. The number of fused-ring (bicyclic) bond motifs is 1. The first-order valence-corrected chi connectivity index (χ1v) is 5.76. The molecular weight excluding hydrogens is 224 g/mol. The number of rotatable bonds is 1. The first kappa shape index (κ1) is 9.78. The van der Waals surface area contributed by atoms with E-state index < -0.39 is 0 Å². The molecule has 0 N–H and O–H groups in total. The van der Waals surface area contributed by atoms with Crippen LogP contribution in [0, 0.1) is 0 Å². The Bertz CT molecular complexity index is 520. The molecule has 0 amide bonds. The second kappa shape index (κ2) is 3.87. The fourth-order valence-corrected chi connectivity index (χ4v) is 2.32. The SMILES string of the molecule is Clc1nccnc1-n1cnc2c1CCCC2. The summed E-state index contributed by atoms with van der Waals surface area (Å²) in [6.07, 6.45) is 9.56. The number of aromatic nitrogens is 4. The molecule has 1 aliphatic rings. The van der Waals surface area contributed by atoms with Crippen LogP contribution in [0.4, 0.5) is 0 Å². The largest absolute Gasteiger partial charge is 0.285 e. The van der Waals surface area contributed by atoms with Crippen molar-refractivity contribution in [1.29, 1.82) is 0 Å². The molecule has 0 radical (unpaired) electrons. The molecule has 0 aliphatic heterocycles. The molecule has 5 heteroatoms. The predicted octanol–water partition coefficient (Wildman–Crippen LogP) is 2.19. The summed E-state index contributed by atoms with van der Waals surface area (Å²) < 4.78 is 1.96. The average Bonchev–Trinajstić information content (AvgIpc) is 2.74. The highest BCUT2D eigenvalue weighted by molar-refractivity contribution is 6.30. The van der Waals surface area contributed by atoms with Crippen LogP contribution in [0.15, 0.2) is 18.7 Å². The minimum absolute atomic E-state index is 0.424. The van der Waals surface area contributed by atoms with Crippen LogP contribution in [0.1, 0.15) is 24.2 Å². The maximum atomic E-state index is 6.04. The topological polar surface area (TPSA) is 43.6 Å². The zero-order valence-corrected chi connectivity index (χ0v) is 9.48. The third-order valence-corrected chi connectivity index (χ3v) is 3.16. The minimum Gasteiger partial charge on any atom is -0.285 e. The lowest BCUT2D eigenvalue weighted by atomic mass is 10.0. The molecule has 0 saturated heterocycles. The Balaban J connectivity index is 2.13. The molecule has 0 aromatic carbocycles. The molecule has 0 bridgehead atoms. The standard InChI is InChI=1S/C11H11ClN4/c12-10-11(14-6-5-13-10)16-7-15-8-3-1-2-4-9(8)16/h5-7H,1-4H2. The second-order valence-corrected chi connectivity index (χ2v) is 4.24. The van der Waals surface area contributed by atoms with Crippen molar-refractivity contribution in [2.24, 2.45) is 0 Å². The van der Waals surface area contributed by atoms with Crippen LogP contribution in [0.2, 0.25) is 5.15 Å². The van der Waals surface area contributed by atoms with Gasteiger partial charge in [-0.1, -0.05) is 11.6 Å². The number of aryl methyl sites for hydroxylation is 1. The molecule has 0 saturated carbocycles. The highest BCUT2D eigenvalue weighted by Crippen LogP contribution is 2.24. The maximum absolute atomic E-state index is 6.04. The van der Waals surface area contributed by atoms with E-state index in [1.165, 1.54) is 24.2 Å². The summed E-state index contributed by atoms with van der Waals surface area (Å²) in [6, 6.07) is 0. The van der Waals surface area contributed by atoms with Crippen molar-refractivity contribution in [3.05, 3.63) is 35.3 Å². The number of nitrogens with zero attached hydrogens (tertiary/aromatic N) is 4. The van der Waals surface area contributed by atoms with Crippen LogP contribution in [-0.2, 0) is 12.8 Å². The summed E-state index contributed by atoms with van der Waals surface area (Å²) in [4.78, 5) is 12.7. The van der Waals surface area contributed by atoms with E-state index in [1.807, 2.05) is 4.57 Å². The number of hydrogen-bond donors (Lipinski definition) is 0. The van der Waals surface area contributed by atoms with E-state index in [9.17, 15) is 0 Å². The highest BCUT2D eigenvalue weighted by atomic mass is 35.5. The van der Waals surface area contributed by atoms with Crippen LogP contribution in [-0.4, -0.2) is 19.5 Å². The summed E-state index contributed by atoms with van der Waals surface area (Å²) in [6.45, 7) is 0. The first-order chi connectivity index (χ1) is 7.86. The van der Waals surface area contributed by atoms with Crippen molar-refractivity contribution in [3.63, 3.8) is 0 Å². The van der Waals surface area contributed by atoms with Crippen molar-refractivity contribution in [3.8, 4) is 5.82 Å². The van der Waals surface area contributed by atoms with Gasteiger partial charge in [-0.25, -0.2) is 15.0 Å². The highest BCUT2D eigenvalue weighted by Gasteiger charge is 2.18. The Hall–Kier alpha value is -1.42. The Morgan fingerprint density at radius 2 is 1.88 bits per heavy atom. The summed E-state index contributed by atoms with van der Waals surface area (Å²) >= 11 is 6.04. The second-order valence-electron chi connectivity index (χ2n) is 3.89. The maximum Gasteiger partial charge on any atom is 0.176 e. The van der Waals surface area contributed by atoms with E-state index in [1.54, 1.807) is 18.7 Å². The smallest absolute Gasteiger partial charge is 0.176 e. The van der Waals surface area contributed by atoms with Crippen molar-refractivity contribution in [2.75, 3.05) is 0 Å². The van der Waals surface area contributed by atoms with Gasteiger partial charge in [0.15, 0.2) is 11.0 Å². The number of hydrogen-bond acceptors (Lipinski definition) is 3. The van der Waals surface area contributed by atoms with Gasteiger partial charge in [0.05, 0.1) is 5.69 Å². The summed E-state index contributed by atoms with van der Waals surface area (Å²) in [5.74, 6) is 0.680. The van der Waals surface area contributed by atoms with Gasteiger partial charge in [-0.15, -0.1) is 0 Å². The lowest BCUT2D eigenvalue weighted by Gasteiger charge is -2.13. The Kier molecular flexibility index (Phi) is 2.36. The lowest BCUT2D eigenvalue weighted by Crippen LogP contribution is -2.08. The minimum atomic E-state index is 0.424. The van der Waals surface area contributed by atoms with Gasteiger partial charge in [0.1, 0.15) is 6.33 Å². The van der Waals surface area contributed by atoms with Crippen LogP contribution in [0.5, 0.6) is 0 Å². The Morgan fingerprint density at radius 3 is 2.75 bits per heavy atom. The zero-order valence-electron chi connectivity index (χ0n) is 8.73. The fraction of sp³-hybridized carbons (Fsp3) is 0.364. The van der Waals surface area contributed by atoms with Crippen LogP contribution in [0.25, 0.3) is 5.82 Å². The van der Waals surface area contributed by atoms with Gasteiger partial charge >= 0.3 is 0 Å². The molecule has 3 rings (SSSR count). The van der Waals surface area contributed by atoms with E-state index in [0.29, 0.717) is 11.0 Å². The number of halogens is 1. The van der Waals surface area contributed by atoms with Gasteiger partial charge in [0, 0.05) is 18.1 Å². The molecule has 0 fully saturated rings. The van der Waals surface area contributed by atoms with Crippen LogP contribution >= 0.6 is 11.6 Å². The molecule has 1 aliphatic carbocycles. The molecule has 4 nitrogen and oxygen atoms in total. The van der Waals surface area contributed by atoms with Crippen LogP contribution in [0.3, 0.4) is 0 Å². The molecule has 0 spiro atoms. The zero-order chi connectivity index (χ0) is 11.0. The van der Waals surface area contributed by atoms with Gasteiger partial charge in [-0.2, -0.15) is 0 Å². The molecule has 2 heterocycles. The molecule has 16 heavy (non-hydrogen) atoms. The Morgan fingerprint density at radius 1 is 1.06 bits per heavy atom. The molecule has 2 aromatic heterocycles. The van der Waals surface area contributed by atoms with Gasteiger partial charge in [-0.05, 0) is 25.7 Å². The molecule has 2 aromatic rings.